The van der Waals surface area contributed by atoms with Crippen LogP contribution >= 0.6 is 0 Å². The van der Waals surface area contributed by atoms with E-state index < -0.39 is 0 Å². The third-order valence-electron chi connectivity index (χ3n) is 2.97. The van der Waals surface area contributed by atoms with Gasteiger partial charge in [-0.05, 0) is 43.7 Å². The van der Waals surface area contributed by atoms with Crippen LogP contribution in [-0.2, 0) is 6.42 Å². The molecule has 1 amide bonds. The summed E-state index contributed by atoms with van der Waals surface area (Å²) in [5, 5.41) is 11.6. The molecule has 2 aromatic rings. The van der Waals surface area contributed by atoms with Crippen molar-refractivity contribution < 1.29 is 9.53 Å². The van der Waals surface area contributed by atoms with Crippen molar-refractivity contribution in [2.24, 2.45) is 0 Å². The van der Waals surface area contributed by atoms with E-state index >= 15 is 0 Å². The number of amides is 1. The van der Waals surface area contributed by atoms with Crippen LogP contribution in [0.1, 0.15) is 29.8 Å². The topological polar surface area (TPSA) is 62.1 Å². The molecule has 112 valence electrons. The summed E-state index contributed by atoms with van der Waals surface area (Å²) >= 11 is 0. The Morgan fingerprint density at radius 1 is 1.23 bits per heavy atom. The number of para-hydroxylation sites is 2. The van der Waals surface area contributed by atoms with Crippen LogP contribution in [0.25, 0.3) is 0 Å². The van der Waals surface area contributed by atoms with Gasteiger partial charge < -0.3 is 10.1 Å². The summed E-state index contributed by atoms with van der Waals surface area (Å²) in [5.74, 6) is 0.415. The fraction of sp³-hybridized carbons (Fsp3) is 0.222. The van der Waals surface area contributed by atoms with Gasteiger partial charge in [0.2, 0.25) is 0 Å². The monoisotopic (exact) mass is 294 g/mol. The van der Waals surface area contributed by atoms with E-state index in [0.29, 0.717) is 17.0 Å². The third-order valence-corrected chi connectivity index (χ3v) is 2.97. The van der Waals surface area contributed by atoms with Crippen LogP contribution in [0.2, 0.25) is 0 Å². The molecule has 0 unspecified atom stereocenters. The summed E-state index contributed by atoms with van der Waals surface area (Å²) in [7, 11) is 0. The molecular weight excluding hydrogens is 276 g/mol. The summed E-state index contributed by atoms with van der Waals surface area (Å²) in [4.78, 5) is 12.4. The van der Waals surface area contributed by atoms with Gasteiger partial charge in [0.1, 0.15) is 5.75 Å². The molecule has 2 rings (SSSR count). The summed E-state index contributed by atoms with van der Waals surface area (Å²) in [6, 6.07) is 16.5. The summed E-state index contributed by atoms with van der Waals surface area (Å²) in [5.41, 5.74) is 1.97. The molecule has 0 saturated heterocycles. The number of hydrogen-bond donors (Lipinski definition) is 1. The maximum atomic E-state index is 12.4. The number of anilines is 1. The minimum Gasteiger partial charge on any atom is -0.489 e. The number of nitrogens with one attached hydrogen (secondary N) is 1. The van der Waals surface area contributed by atoms with Crippen molar-refractivity contribution in [2.75, 3.05) is 5.32 Å². The Bertz CT molecular complexity index is 702. The van der Waals surface area contributed by atoms with Gasteiger partial charge in [0.25, 0.3) is 5.91 Å². The summed E-state index contributed by atoms with van der Waals surface area (Å²) in [6.45, 7) is 3.87. The molecule has 22 heavy (non-hydrogen) atoms. The quantitative estimate of drug-likeness (QED) is 0.912. The Morgan fingerprint density at radius 2 is 2.00 bits per heavy atom. The van der Waals surface area contributed by atoms with E-state index in [1.165, 1.54) is 0 Å². The molecule has 0 aliphatic carbocycles. The first-order valence-electron chi connectivity index (χ1n) is 7.13. The Hall–Kier alpha value is -2.80. The first kappa shape index (κ1) is 15.6. The highest BCUT2D eigenvalue weighted by molar-refractivity contribution is 6.05. The zero-order valence-electron chi connectivity index (χ0n) is 12.7. The van der Waals surface area contributed by atoms with E-state index in [1.807, 2.05) is 38.1 Å². The molecule has 0 fully saturated rings. The van der Waals surface area contributed by atoms with Gasteiger partial charge in [-0.2, -0.15) is 5.26 Å². The van der Waals surface area contributed by atoms with Crippen LogP contribution in [0.4, 0.5) is 5.69 Å². The predicted octanol–water partition coefficient (Wildman–Crippen LogP) is 3.79. The lowest BCUT2D eigenvalue weighted by Crippen LogP contribution is -2.14. The zero-order chi connectivity index (χ0) is 15.9. The fourth-order valence-corrected chi connectivity index (χ4v) is 2.03. The average molecular weight is 294 g/mol. The standard InChI is InChI=1S/C18H18N2O2/c1-13(2)22-17-9-4-3-8-16(17)20-18(21)15-7-5-6-14(12-15)10-11-19/h3-9,12-13H,10H2,1-2H3,(H,20,21). The second-order valence-corrected chi connectivity index (χ2v) is 5.15. The van der Waals surface area contributed by atoms with Gasteiger partial charge in [-0.3, -0.25) is 4.79 Å². The Kier molecular flexibility index (Phi) is 5.16. The summed E-state index contributed by atoms with van der Waals surface area (Å²) in [6.07, 6.45) is 0.311. The molecule has 4 heteroatoms. The second kappa shape index (κ2) is 7.28. The van der Waals surface area contributed by atoms with Gasteiger partial charge in [-0.15, -0.1) is 0 Å². The number of nitrogens with zero attached hydrogens (tertiary/aromatic N) is 1. The highest BCUT2D eigenvalue weighted by Gasteiger charge is 2.11. The maximum Gasteiger partial charge on any atom is 0.255 e. The van der Waals surface area contributed by atoms with Crippen LogP contribution in [0.5, 0.6) is 5.75 Å². The normalized spacial score (nSPS) is 10.1. The minimum absolute atomic E-state index is 0.0250. The van der Waals surface area contributed by atoms with Crippen molar-refractivity contribution in [1.29, 1.82) is 5.26 Å². The summed E-state index contributed by atoms with van der Waals surface area (Å²) < 4.78 is 5.69. The molecule has 0 bridgehead atoms. The smallest absolute Gasteiger partial charge is 0.255 e. The van der Waals surface area contributed by atoms with Crippen molar-refractivity contribution >= 4 is 11.6 Å². The lowest BCUT2D eigenvalue weighted by Gasteiger charge is -2.14. The largest absolute Gasteiger partial charge is 0.489 e. The van der Waals surface area contributed by atoms with Crippen LogP contribution in [0.3, 0.4) is 0 Å². The Morgan fingerprint density at radius 3 is 2.73 bits per heavy atom. The molecule has 0 heterocycles. The molecule has 0 radical (unpaired) electrons. The molecule has 0 aliphatic heterocycles. The second-order valence-electron chi connectivity index (χ2n) is 5.15. The highest BCUT2D eigenvalue weighted by atomic mass is 16.5. The third kappa shape index (κ3) is 4.10. The lowest BCUT2D eigenvalue weighted by molar-refractivity contribution is 0.102. The van der Waals surface area contributed by atoms with E-state index in [0.717, 1.165) is 5.56 Å². The van der Waals surface area contributed by atoms with Crippen molar-refractivity contribution in [1.82, 2.24) is 0 Å². The van der Waals surface area contributed by atoms with E-state index in [1.54, 1.807) is 24.3 Å². The molecule has 4 nitrogen and oxygen atoms in total. The Balaban J connectivity index is 2.19. The number of carbonyl (C=O) groups is 1. The van der Waals surface area contributed by atoms with E-state index in [9.17, 15) is 4.79 Å². The van der Waals surface area contributed by atoms with Gasteiger partial charge in [0.05, 0.1) is 24.3 Å². The highest BCUT2D eigenvalue weighted by Crippen LogP contribution is 2.25. The molecular formula is C18H18N2O2. The first-order chi connectivity index (χ1) is 10.6. The van der Waals surface area contributed by atoms with Gasteiger partial charge in [-0.1, -0.05) is 24.3 Å². The maximum absolute atomic E-state index is 12.4. The van der Waals surface area contributed by atoms with E-state index in [2.05, 4.69) is 11.4 Å². The van der Waals surface area contributed by atoms with Gasteiger partial charge >= 0.3 is 0 Å². The molecule has 0 atom stereocenters. The lowest BCUT2D eigenvalue weighted by atomic mass is 10.1. The minimum atomic E-state index is -0.223. The van der Waals surface area contributed by atoms with Crippen LogP contribution in [-0.4, -0.2) is 12.0 Å². The van der Waals surface area contributed by atoms with Crippen LogP contribution in [0.15, 0.2) is 48.5 Å². The number of carbonyl (C=O) groups excluding carboxylic acids is 1. The number of hydrogen-bond acceptors (Lipinski definition) is 3. The van der Waals surface area contributed by atoms with Crippen LogP contribution in [0, 0.1) is 11.3 Å². The van der Waals surface area contributed by atoms with Crippen molar-refractivity contribution in [2.45, 2.75) is 26.4 Å². The predicted molar refractivity (Wildman–Crippen MR) is 85.9 cm³/mol. The zero-order valence-corrected chi connectivity index (χ0v) is 12.7. The van der Waals surface area contributed by atoms with E-state index in [-0.39, 0.29) is 18.4 Å². The Labute approximate surface area is 130 Å². The molecule has 0 aliphatic rings. The first-order valence-corrected chi connectivity index (χ1v) is 7.13. The van der Waals surface area contributed by atoms with E-state index in [4.69, 9.17) is 10.00 Å². The van der Waals surface area contributed by atoms with Crippen LogP contribution < -0.4 is 10.1 Å². The number of nitriles is 1. The molecule has 0 spiro atoms. The van der Waals surface area contributed by atoms with Gasteiger partial charge in [-0.25, -0.2) is 0 Å². The van der Waals surface area contributed by atoms with Crippen molar-refractivity contribution in [3.8, 4) is 11.8 Å². The molecule has 2 aromatic carbocycles. The number of rotatable bonds is 5. The SMILES string of the molecule is CC(C)Oc1ccccc1NC(=O)c1cccc(CC#N)c1. The number of benzene rings is 2. The van der Waals surface area contributed by atoms with Crippen molar-refractivity contribution in [3.63, 3.8) is 0 Å². The fourth-order valence-electron chi connectivity index (χ4n) is 2.03. The molecule has 0 aromatic heterocycles. The van der Waals surface area contributed by atoms with Crippen molar-refractivity contribution in [3.05, 3.63) is 59.7 Å². The van der Waals surface area contributed by atoms with Gasteiger partial charge in [0, 0.05) is 5.56 Å². The molecule has 0 saturated carbocycles. The average Bonchev–Trinajstić information content (AvgIpc) is 2.49. The molecule has 1 N–H and O–H groups in total. The van der Waals surface area contributed by atoms with Gasteiger partial charge in [0.15, 0.2) is 0 Å². The number of ether oxygens (including phenoxy) is 1.